The predicted molar refractivity (Wildman–Crippen MR) is 85.1 cm³/mol. The van der Waals surface area contributed by atoms with Crippen molar-refractivity contribution in [2.24, 2.45) is 4.99 Å². The fraction of sp³-hybridized carbons (Fsp3) is 0.133. The van der Waals surface area contributed by atoms with E-state index in [4.69, 9.17) is 4.74 Å². The Morgan fingerprint density at radius 1 is 1.36 bits per heavy atom. The molecule has 0 atom stereocenters. The van der Waals surface area contributed by atoms with Crippen molar-refractivity contribution in [3.8, 4) is 11.5 Å². The average Bonchev–Trinajstić information content (AvgIpc) is 2.49. The maximum Gasteiger partial charge on any atom is 0.263 e. The van der Waals surface area contributed by atoms with Crippen molar-refractivity contribution in [2.75, 3.05) is 6.61 Å². The van der Waals surface area contributed by atoms with Gasteiger partial charge < -0.3 is 9.84 Å². The van der Waals surface area contributed by atoms with E-state index in [2.05, 4.69) is 20.9 Å². The quantitative estimate of drug-likeness (QED) is 0.461. The summed E-state index contributed by atoms with van der Waals surface area (Å²) in [4.78, 5) is 14.4. The summed E-state index contributed by atoms with van der Waals surface area (Å²) in [5.74, 6) is -0.0935. The Kier molecular flexibility index (Phi) is 5.11. The first kappa shape index (κ1) is 16.0. The highest BCUT2D eigenvalue weighted by Crippen LogP contribution is 2.31. The second-order valence-electron chi connectivity index (χ2n) is 4.26. The van der Waals surface area contributed by atoms with Crippen molar-refractivity contribution >= 4 is 33.5 Å². The summed E-state index contributed by atoms with van der Waals surface area (Å²) < 4.78 is 5.87. The van der Waals surface area contributed by atoms with Gasteiger partial charge in [0, 0.05) is 16.8 Å². The Morgan fingerprint density at radius 2 is 2.09 bits per heavy atom. The molecule has 0 N–H and O–H groups in total. The minimum Gasteiger partial charge on any atom is -0.867 e. The third-order valence-corrected chi connectivity index (χ3v) is 3.23. The summed E-state index contributed by atoms with van der Waals surface area (Å²) >= 11 is 3.15. The average molecular weight is 364 g/mol. The second kappa shape index (κ2) is 7.04. The maximum absolute atomic E-state index is 12.0. The number of halogens is 1. The molecule has 0 saturated heterocycles. The van der Waals surface area contributed by atoms with Gasteiger partial charge in [0.1, 0.15) is 11.4 Å². The highest BCUT2D eigenvalue weighted by molar-refractivity contribution is 9.10. The van der Waals surface area contributed by atoms with Gasteiger partial charge in [-0.3, -0.25) is 15.1 Å². The molecule has 2 aromatic rings. The predicted octanol–water partition coefficient (Wildman–Crippen LogP) is 3.58. The van der Waals surface area contributed by atoms with Crippen LogP contribution in [0.2, 0.25) is 0 Å². The van der Waals surface area contributed by atoms with Gasteiger partial charge in [-0.05, 0) is 36.4 Å². The Bertz CT molecular complexity index is 731. The highest BCUT2D eigenvalue weighted by atomic mass is 79.9. The largest absolute Gasteiger partial charge is 0.867 e. The molecule has 0 spiro atoms. The lowest BCUT2D eigenvalue weighted by Crippen LogP contribution is -2.02. The molecule has 114 valence electrons. The third kappa shape index (κ3) is 3.62. The maximum atomic E-state index is 12.0. The topological polar surface area (TPSA) is 87.8 Å². The van der Waals surface area contributed by atoms with Gasteiger partial charge in [0.15, 0.2) is 0 Å². The number of nitro benzene ring substituents is 1. The summed E-state index contributed by atoms with van der Waals surface area (Å²) in [5.41, 5.74) is 0.188. The first-order valence-corrected chi connectivity index (χ1v) is 7.23. The monoisotopic (exact) mass is 363 g/mol. The van der Waals surface area contributed by atoms with E-state index in [9.17, 15) is 15.2 Å². The standard InChI is InChI=1S/C15H13BrN2O4/c1-2-22-14-6-4-3-5-12(14)17-9-10-7-11(16)8-13(15(10)19)18(20)21/h3-9,19H,2H2,1H3/p-1. The van der Waals surface area contributed by atoms with Crippen LogP contribution in [0.3, 0.4) is 0 Å². The second-order valence-corrected chi connectivity index (χ2v) is 5.17. The van der Waals surface area contributed by atoms with Gasteiger partial charge >= 0.3 is 0 Å². The van der Waals surface area contributed by atoms with Gasteiger partial charge in [-0.2, -0.15) is 0 Å². The number of hydrogen-bond acceptors (Lipinski definition) is 5. The van der Waals surface area contributed by atoms with Crippen LogP contribution in [0.5, 0.6) is 11.5 Å². The Morgan fingerprint density at radius 3 is 2.77 bits per heavy atom. The fourth-order valence-electron chi connectivity index (χ4n) is 1.81. The molecule has 6 nitrogen and oxygen atoms in total. The van der Waals surface area contributed by atoms with E-state index >= 15 is 0 Å². The lowest BCUT2D eigenvalue weighted by Gasteiger charge is -2.11. The molecule has 0 fully saturated rings. The van der Waals surface area contributed by atoms with Crippen LogP contribution >= 0.6 is 15.9 Å². The highest BCUT2D eigenvalue weighted by Gasteiger charge is 2.11. The minimum absolute atomic E-state index is 0.132. The number of benzene rings is 2. The fourth-order valence-corrected chi connectivity index (χ4v) is 2.28. The molecular formula is C15H12BrN2O4-. The lowest BCUT2D eigenvalue weighted by atomic mass is 10.2. The summed E-state index contributed by atoms with van der Waals surface area (Å²) in [5, 5.41) is 22.9. The van der Waals surface area contributed by atoms with Crippen molar-refractivity contribution in [1.82, 2.24) is 0 Å². The van der Waals surface area contributed by atoms with E-state index in [-0.39, 0.29) is 5.56 Å². The first-order valence-electron chi connectivity index (χ1n) is 6.43. The zero-order valence-electron chi connectivity index (χ0n) is 11.7. The summed E-state index contributed by atoms with van der Waals surface area (Å²) in [6.45, 7) is 2.34. The van der Waals surface area contributed by atoms with E-state index in [0.29, 0.717) is 22.5 Å². The molecule has 0 saturated carbocycles. The number of rotatable bonds is 5. The molecule has 22 heavy (non-hydrogen) atoms. The minimum atomic E-state index is -0.710. The van der Waals surface area contributed by atoms with Gasteiger partial charge in [0.25, 0.3) is 5.69 Å². The summed E-state index contributed by atoms with van der Waals surface area (Å²) in [6.07, 6.45) is 1.30. The van der Waals surface area contributed by atoms with Crippen LogP contribution in [0.15, 0.2) is 45.9 Å². The van der Waals surface area contributed by atoms with Crippen LogP contribution in [0, 0.1) is 10.1 Å². The molecule has 2 rings (SSSR count). The van der Waals surface area contributed by atoms with Crippen molar-refractivity contribution < 1.29 is 14.8 Å². The van der Waals surface area contributed by atoms with Crippen LogP contribution in [-0.4, -0.2) is 17.7 Å². The number of aliphatic imine (C=N–C) groups is 1. The van der Waals surface area contributed by atoms with Gasteiger partial charge in [0.2, 0.25) is 0 Å². The molecule has 2 aromatic carbocycles. The molecule has 0 amide bonds. The first-order chi connectivity index (χ1) is 10.5. The van der Waals surface area contributed by atoms with E-state index in [1.165, 1.54) is 18.3 Å². The molecule has 0 aliphatic heterocycles. The number of nitro groups is 1. The summed E-state index contributed by atoms with van der Waals surface area (Å²) in [7, 11) is 0. The SMILES string of the molecule is CCOc1ccccc1N=Cc1cc(Br)cc([N+](=O)[O-])c1[O-]. The number of nitrogens with zero attached hydrogens (tertiary/aromatic N) is 2. The van der Waals surface area contributed by atoms with Gasteiger partial charge in [-0.15, -0.1) is 0 Å². The number of para-hydroxylation sites is 2. The molecular weight excluding hydrogens is 352 g/mol. The molecule has 0 unspecified atom stereocenters. The molecule has 7 heteroatoms. The van der Waals surface area contributed by atoms with Gasteiger partial charge in [-0.25, -0.2) is 0 Å². The van der Waals surface area contributed by atoms with Crippen molar-refractivity contribution in [2.45, 2.75) is 6.92 Å². The molecule has 0 heterocycles. The Balaban J connectivity index is 2.41. The molecule has 0 radical (unpaired) electrons. The Labute approximate surface area is 135 Å². The third-order valence-electron chi connectivity index (χ3n) is 2.77. The van der Waals surface area contributed by atoms with Crippen molar-refractivity contribution in [3.05, 3.63) is 56.5 Å². The van der Waals surface area contributed by atoms with E-state index in [1.54, 1.807) is 18.2 Å². The molecule has 0 bridgehead atoms. The molecule has 0 aromatic heterocycles. The van der Waals surface area contributed by atoms with E-state index in [0.717, 1.165) is 0 Å². The molecule has 0 aliphatic carbocycles. The molecule has 0 aliphatic rings. The van der Waals surface area contributed by atoms with Crippen molar-refractivity contribution in [3.63, 3.8) is 0 Å². The van der Waals surface area contributed by atoms with Crippen molar-refractivity contribution in [1.29, 1.82) is 0 Å². The lowest BCUT2D eigenvalue weighted by molar-refractivity contribution is -0.398. The Hall–Kier alpha value is -2.41. The van der Waals surface area contributed by atoms with Gasteiger partial charge in [0.05, 0.1) is 11.5 Å². The van der Waals surface area contributed by atoms with E-state index < -0.39 is 16.4 Å². The number of ether oxygens (including phenoxy) is 1. The number of hydrogen-bond donors (Lipinski definition) is 0. The summed E-state index contributed by atoms with van der Waals surface area (Å²) in [6, 6.07) is 9.76. The zero-order valence-corrected chi connectivity index (χ0v) is 13.2. The van der Waals surface area contributed by atoms with Gasteiger partial charge in [-0.1, -0.05) is 28.1 Å². The van der Waals surface area contributed by atoms with Crippen LogP contribution < -0.4 is 9.84 Å². The zero-order chi connectivity index (χ0) is 16.1. The van der Waals surface area contributed by atoms with Crippen LogP contribution in [0.25, 0.3) is 0 Å². The smallest absolute Gasteiger partial charge is 0.263 e. The normalized spacial score (nSPS) is 10.8. The van der Waals surface area contributed by atoms with Crippen LogP contribution in [0.4, 0.5) is 11.4 Å². The van der Waals surface area contributed by atoms with Crippen LogP contribution in [-0.2, 0) is 0 Å². The van der Waals surface area contributed by atoms with E-state index in [1.807, 2.05) is 13.0 Å². The van der Waals surface area contributed by atoms with Crippen LogP contribution in [0.1, 0.15) is 12.5 Å².